The summed E-state index contributed by atoms with van der Waals surface area (Å²) in [4.78, 5) is 23.1. The molecule has 1 atom stereocenters. The first-order valence-corrected chi connectivity index (χ1v) is 11.3. The minimum atomic E-state index is -0.189. The Hall–Kier alpha value is -3.75. The predicted octanol–water partition coefficient (Wildman–Crippen LogP) is 3.89. The van der Waals surface area contributed by atoms with Crippen LogP contribution in [-0.2, 0) is 16.2 Å². The van der Waals surface area contributed by atoms with Crippen molar-refractivity contribution in [2.75, 3.05) is 6.61 Å². The first kappa shape index (κ1) is 21.1. The monoisotopic (exact) mass is 440 g/mol. The highest BCUT2D eigenvalue weighted by atomic mass is 16.7. The van der Waals surface area contributed by atoms with Crippen LogP contribution in [-0.4, -0.2) is 32.3 Å². The molecule has 0 bridgehead atoms. The van der Waals surface area contributed by atoms with Gasteiger partial charge in [-0.05, 0) is 61.4 Å². The highest BCUT2D eigenvalue weighted by Crippen LogP contribution is 2.36. The number of hydrogen-bond acceptors (Lipinski definition) is 6. The maximum Gasteiger partial charge on any atom is 0.249 e. The van der Waals surface area contributed by atoms with Crippen molar-refractivity contribution in [3.8, 4) is 12.1 Å². The lowest BCUT2D eigenvalue weighted by atomic mass is 9.81. The molecule has 0 radical (unpaired) electrons. The number of fused-ring (bicyclic) bond motifs is 1. The molecule has 1 saturated heterocycles. The number of amides is 1. The summed E-state index contributed by atoms with van der Waals surface area (Å²) in [5, 5.41) is 25.4. The first-order chi connectivity index (χ1) is 16.1. The van der Waals surface area contributed by atoms with Gasteiger partial charge in [0.25, 0.3) is 0 Å². The van der Waals surface area contributed by atoms with Crippen LogP contribution in [0.5, 0.6) is 0 Å². The number of pyridine rings is 1. The molecule has 3 heterocycles. The Morgan fingerprint density at radius 2 is 1.88 bits per heavy atom. The van der Waals surface area contributed by atoms with Crippen molar-refractivity contribution < 1.29 is 9.63 Å². The molecule has 33 heavy (non-hydrogen) atoms. The molecular weight excluding hydrogens is 416 g/mol. The van der Waals surface area contributed by atoms with Crippen LogP contribution in [0.15, 0.2) is 42.9 Å². The van der Waals surface area contributed by atoms with Crippen LogP contribution in [0.2, 0.25) is 0 Å². The van der Waals surface area contributed by atoms with Crippen LogP contribution in [0.3, 0.4) is 0 Å². The first-order valence-electron chi connectivity index (χ1n) is 11.3. The second kappa shape index (κ2) is 9.01. The molecular formula is C25H24N6O2. The van der Waals surface area contributed by atoms with Gasteiger partial charge < -0.3 is 0 Å². The number of carbonyl (C=O) groups excluding carboxylic acids is 1. The van der Waals surface area contributed by atoms with E-state index in [1.807, 2.05) is 29.1 Å². The molecule has 8 nitrogen and oxygen atoms in total. The van der Waals surface area contributed by atoms with Gasteiger partial charge in [0.15, 0.2) is 0 Å². The molecule has 2 aliphatic rings. The lowest BCUT2D eigenvalue weighted by Gasteiger charge is -2.31. The van der Waals surface area contributed by atoms with E-state index >= 15 is 0 Å². The average molecular weight is 441 g/mol. The van der Waals surface area contributed by atoms with Crippen LogP contribution >= 0.6 is 0 Å². The summed E-state index contributed by atoms with van der Waals surface area (Å²) >= 11 is 0. The number of rotatable bonds is 4. The molecule has 166 valence electrons. The van der Waals surface area contributed by atoms with Gasteiger partial charge >= 0.3 is 0 Å². The van der Waals surface area contributed by atoms with Gasteiger partial charge in [-0.3, -0.25) is 19.3 Å². The van der Waals surface area contributed by atoms with E-state index in [0.29, 0.717) is 30.1 Å². The fraction of sp³-hybridized carbons (Fsp3) is 0.400. The molecule has 1 aromatic carbocycles. The van der Waals surface area contributed by atoms with Crippen molar-refractivity contribution in [1.29, 1.82) is 10.5 Å². The summed E-state index contributed by atoms with van der Waals surface area (Å²) in [5.74, 6) is 0.446. The second-order valence-electron chi connectivity index (χ2n) is 8.87. The Kier molecular flexibility index (Phi) is 5.77. The predicted molar refractivity (Wildman–Crippen MR) is 119 cm³/mol. The SMILES string of the molecule is N#Cc1cncc([C@@H]2CCON2C(=O)C2CCC(Cn3cc4ccc(C#N)cc4n3)CC2)c1. The summed E-state index contributed by atoms with van der Waals surface area (Å²) in [5.41, 5.74) is 2.79. The summed E-state index contributed by atoms with van der Waals surface area (Å²) < 4.78 is 1.97. The zero-order valence-corrected chi connectivity index (χ0v) is 18.2. The normalized spacial score (nSPS) is 22.7. The second-order valence-corrected chi connectivity index (χ2v) is 8.87. The van der Waals surface area contributed by atoms with Gasteiger partial charge in [0.2, 0.25) is 5.91 Å². The lowest BCUT2D eigenvalue weighted by molar-refractivity contribution is -0.183. The Balaban J connectivity index is 1.20. The Morgan fingerprint density at radius 3 is 2.67 bits per heavy atom. The number of hydroxylamine groups is 2. The van der Waals surface area contributed by atoms with E-state index in [9.17, 15) is 4.79 Å². The van der Waals surface area contributed by atoms with Gasteiger partial charge in [0.05, 0.1) is 35.4 Å². The average Bonchev–Trinajstić information content (AvgIpc) is 3.50. The Bertz CT molecular complexity index is 1260. The zero-order chi connectivity index (χ0) is 22.8. The highest BCUT2D eigenvalue weighted by molar-refractivity contribution is 5.79. The van der Waals surface area contributed by atoms with E-state index in [0.717, 1.165) is 48.7 Å². The summed E-state index contributed by atoms with van der Waals surface area (Å²) in [7, 11) is 0. The molecule has 1 amide bonds. The van der Waals surface area contributed by atoms with Crippen LogP contribution in [0, 0.1) is 34.5 Å². The lowest BCUT2D eigenvalue weighted by Crippen LogP contribution is -2.37. The van der Waals surface area contributed by atoms with Gasteiger partial charge in [0.1, 0.15) is 6.07 Å². The van der Waals surface area contributed by atoms with Gasteiger partial charge in [0, 0.05) is 42.9 Å². The Labute approximate surface area is 192 Å². The number of carbonyl (C=O) groups is 1. The van der Waals surface area contributed by atoms with E-state index in [1.54, 1.807) is 12.3 Å². The van der Waals surface area contributed by atoms with Crippen LogP contribution < -0.4 is 0 Å². The van der Waals surface area contributed by atoms with Crippen molar-refractivity contribution in [3.63, 3.8) is 0 Å². The molecule has 1 aliphatic carbocycles. The molecule has 5 rings (SSSR count). The van der Waals surface area contributed by atoms with E-state index in [4.69, 9.17) is 15.4 Å². The minimum Gasteiger partial charge on any atom is -0.272 e. The molecule has 2 fully saturated rings. The number of aromatic nitrogens is 3. The minimum absolute atomic E-state index is 0.0344. The van der Waals surface area contributed by atoms with Crippen molar-refractivity contribution in [2.45, 2.75) is 44.7 Å². The van der Waals surface area contributed by atoms with Crippen molar-refractivity contribution >= 4 is 16.8 Å². The summed E-state index contributed by atoms with van der Waals surface area (Å²) in [6.45, 7) is 1.30. The third kappa shape index (κ3) is 4.30. The van der Waals surface area contributed by atoms with Crippen molar-refractivity contribution in [2.24, 2.45) is 11.8 Å². The third-order valence-corrected chi connectivity index (χ3v) is 6.72. The molecule has 1 saturated carbocycles. The Morgan fingerprint density at radius 1 is 1.06 bits per heavy atom. The van der Waals surface area contributed by atoms with Crippen LogP contribution in [0.4, 0.5) is 0 Å². The summed E-state index contributed by atoms with van der Waals surface area (Å²) in [6.07, 6.45) is 9.54. The largest absolute Gasteiger partial charge is 0.272 e. The molecule has 0 N–H and O–H groups in total. The molecule has 8 heteroatoms. The number of hydrogen-bond donors (Lipinski definition) is 0. The molecule has 1 aliphatic heterocycles. The number of nitriles is 2. The van der Waals surface area contributed by atoms with Gasteiger partial charge in [-0.25, -0.2) is 5.06 Å². The highest BCUT2D eigenvalue weighted by Gasteiger charge is 2.37. The van der Waals surface area contributed by atoms with E-state index in [-0.39, 0.29) is 17.9 Å². The van der Waals surface area contributed by atoms with E-state index in [2.05, 4.69) is 22.2 Å². The quantitative estimate of drug-likeness (QED) is 0.609. The van der Waals surface area contributed by atoms with Crippen molar-refractivity contribution in [3.05, 3.63) is 59.5 Å². The van der Waals surface area contributed by atoms with Gasteiger partial charge in [-0.15, -0.1) is 0 Å². The maximum atomic E-state index is 13.3. The molecule has 2 aromatic heterocycles. The van der Waals surface area contributed by atoms with Crippen LogP contribution in [0.25, 0.3) is 10.9 Å². The molecule has 0 unspecified atom stereocenters. The molecule has 3 aromatic rings. The zero-order valence-electron chi connectivity index (χ0n) is 18.2. The molecule has 0 spiro atoms. The van der Waals surface area contributed by atoms with E-state index < -0.39 is 0 Å². The topological polar surface area (TPSA) is 108 Å². The van der Waals surface area contributed by atoms with Crippen LogP contribution in [0.1, 0.15) is 54.8 Å². The smallest absolute Gasteiger partial charge is 0.249 e. The van der Waals surface area contributed by atoms with Gasteiger partial charge in [-0.2, -0.15) is 15.6 Å². The summed E-state index contributed by atoms with van der Waals surface area (Å²) in [6, 6.07) is 11.4. The van der Waals surface area contributed by atoms with E-state index in [1.165, 1.54) is 11.3 Å². The van der Waals surface area contributed by atoms with Gasteiger partial charge in [-0.1, -0.05) is 0 Å². The fourth-order valence-electron chi connectivity index (χ4n) is 4.96. The fourth-order valence-corrected chi connectivity index (χ4v) is 4.96. The number of nitrogens with zero attached hydrogens (tertiary/aromatic N) is 6. The van der Waals surface area contributed by atoms with Crippen molar-refractivity contribution in [1.82, 2.24) is 19.8 Å². The standard InChI is InChI=1S/C25H24N6O2/c26-11-18-3-6-21-16-30(29-23(21)10-18)15-17-1-4-20(5-2-17)25(32)31-24(7-8-33-31)22-9-19(12-27)13-28-14-22/h3,6,9-10,13-14,16-17,20,24H,1-2,4-5,7-8,15H2/t17?,20?,24-/m0/s1. The number of benzene rings is 1. The maximum absolute atomic E-state index is 13.3. The third-order valence-electron chi connectivity index (χ3n) is 6.72.